The van der Waals surface area contributed by atoms with Crippen LogP contribution in [0.1, 0.15) is 26.2 Å². The van der Waals surface area contributed by atoms with E-state index < -0.39 is 0 Å². The molecule has 1 heteroatoms. The van der Waals surface area contributed by atoms with Gasteiger partial charge in [-0.1, -0.05) is 6.92 Å². The molecule has 0 radical (unpaired) electrons. The lowest BCUT2D eigenvalue weighted by Gasteiger charge is -2.37. The van der Waals surface area contributed by atoms with Crippen molar-refractivity contribution in [2.75, 3.05) is 13.2 Å². The molecule has 1 saturated carbocycles. The fourth-order valence-corrected chi connectivity index (χ4v) is 2.57. The quantitative estimate of drug-likeness (QED) is 0.500. The standard InChI is InChI=1S/C9H16O/c1-7-2-8-4-9(3-7)6-10-5-8/h7-9H,2-6H2,1H3. The van der Waals surface area contributed by atoms with Crippen molar-refractivity contribution in [1.29, 1.82) is 0 Å². The van der Waals surface area contributed by atoms with Gasteiger partial charge in [0, 0.05) is 13.2 Å². The summed E-state index contributed by atoms with van der Waals surface area (Å²) < 4.78 is 5.48. The topological polar surface area (TPSA) is 9.23 Å². The summed E-state index contributed by atoms with van der Waals surface area (Å²) in [5, 5.41) is 0. The van der Waals surface area contributed by atoms with E-state index in [2.05, 4.69) is 6.92 Å². The third-order valence-corrected chi connectivity index (χ3v) is 2.85. The zero-order chi connectivity index (χ0) is 6.97. The predicted molar refractivity (Wildman–Crippen MR) is 40.8 cm³/mol. The Morgan fingerprint density at radius 1 is 1.00 bits per heavy atom. The van der Waals surface area contributed by atoms with Crippen molar-refractivity contribution in [2.45, 2.75) is 26.2 Å². The normalized spacial score (nSPS) is 47.1. The fraction of sp³-hybridized carbons (Fsp3) is 1.00. The molecule has 2 rings (SSSR count). The first-order valence-electron chi connectivity index (χ1n) is 4.42. The van der Waals surface area contributed by atoms with Gasteiger partial charge in [0.15, 0.2) is 0 Å². The predicted octanol–water partition coefficient (Wildman–Crippen LogP) is 2.07. The van der Waals surface area contributed by atoms with Crippen LogP contribution in [0.25, 0.3) is 0 Å². The summed E-state index contributed by atoms with van der Waals surface area (Å²) in [7, 11) is 0. The van der Waals surface area contributed by atoms with Gasteiger partial charge in [0.05, 0.1) is 0 Å². The van der Waals surface area contributed by atoms with Crippen molar-refractivity contribution < 1.29 is 4.74 Å². The lowest BCUT2D eigenvalue weighted by atomic mass is 9.75. The Kier molecular flexibility index (Phi) is 1.69. The van der Waals surface area contributed by atoms with Gasteiger partial charge in [0.25, 0.3) is 0 Å². The second-order valence-corrected chi connectivity index (χ2v) is 4.08. The molecule has 1 heterocycles. The van der Waals surface area contributed by atoms with Gasteiger partial charge in [-0.2, -0.15) is 0 Å². The molecule has 0 amide bonds. The molecule has 2 bridgehead atoms. The Morgan fingerprint density at radius 2 is 1.60 bits per heavy atom. The van der Waals surface area contributed by atoms with Crippen LogP contribution in [0.5, 0.6) is 0 Å². The lowest BCUT2D eigenvalue weighted by Crippen LogP contribution is -2.32. The monoisotopic (exact) mass is 140 g/mol. The van der Waals surface area contributed by atoms with Crippen LogP contribution in [0.2, 0.25) is 0 Å². The van der Waals surface area contributed by atoms with Gasteiger partial charge in [-0.3, -0.25) is 0 Å². The van der Waals surface area contributed by atoms with Crippen molar-refractivity contribution in [3.8, 4) is 0 Å². The van der Waals surface area contributed by atoms with Gasteiger partial charge in [0.1, 0.15) is 0 Å². The summed E-state index contributed by atoms with van der Waals surface area (Å²) in [6, 6.07) is 0. The molecular formula is C9H16O. The van der Waals surface area contributed by atoms with Crippen LogP contribution in [0.15, 0.2) is 0 Å². The van der Waals surface area contributed by atoms with Crippen LogP contribution in [-0.4, -0.2) is 13.2 Å². The van der Waals surface area contributed by atoms with E-state index >= 15 is 0 Å². The van der Waals surface area contributed by atoms with Crippen LogP contribution in [0, 0.1) is 17.8 Å². The molecule has 10 heavy (non-hydrogen) atoms. The van der Waals surface area contributed by atoms with E-state index in [4.69, 9.17) is 4.74 Å². The summed E-state index contributed by atoms with van der Waals surface area (Å²) in [4.78, 5) is 0. The number of fused-ring (bicyclic) bond motifs is 2. The first kappa shape index (κ1) is 6.66. The van der Waals surface area contributed by atoms with Crippen molar-refractivity contribution >= 4 is 0 Å². The van der Waals surface area contributed by atoms with Gasteiger partial charge < -0.3 is 4.74 Å². The highest BCUT2D eigenvalue weighted by Crippen LogP contribution is 2.36. The molecule has 0 aromatic rings. The molecule has 1 aliphatic heterocycles. The number of ether oxygens (including phenoxy) is 1. The van der Waals surface area contributed by atoms with E-state index in [1.54, 1.807) is 0 Å². The SMILES string of the molecule is CC1CC2COCC(C1)C2. The summed E-state index contributed by atoms with van der Waals surface area (Å²) in [5.74, 6) is 2.78. The second kappa shape index (κ2) is 2.54. The zero-order valence-corrected chi connectivity index (χ0v) is 6.68. The van der Waals surface area contributed by atoms with Gasteiger partial charge in [0.2, 0.25) is 0 Å². The highest BCUT2D eigenvalue weighted by molar-refractivity contribution is 4.79. The van der Waals surface area contributed by atoms with Crippen molar-refractivity contribution in [3.63, 3.8) is 0 Å². The molecule has 1 nitrogen and oxygen atoms in total. The maximum Gasteiger partial charge on any atom is 0.0494 e. The van der Waals surface area contributed by atoms with Crippen LogP contribution >= 0.6 is 0 Å². The third-order valence-electron chi connectivity index (χ3n) is 2.85. The first-order chi connectivity index (χ1) is 4.84. The van der Waals surface area contributed by atoms with Gasteiger partial charge in [-0.25, -0.2) is 0 Å². The van der Waals surface area contributed by atoms with E-state index in [1.165, 1.54) is 19.3 Å². The summed E-state index contributed by atoms with van der Waals surface area (Å²) in [6.45, 7) is 4.46. The maximum absolute atomic E-state index is 5.48. The Balaban J connectivity index is 1.98. The first-order valence-corrected chi connectivity index (χ1v) is 4.42. The molecule has 1 aliphatic carbocycles. The molecule has 2 atom stereocenters. The van der Waals surface area contributed by atoms with Gasteiger partial charge in [-0.15, -0.1) is 0 Å². The van der Waals surface area contributed by atoms with Crippen LogP contribution in [0.4, 0.5) is 0 Å². The minimum absolute atomic E-state index is 0.905. The van der Waals surface area contributed by atoms with Crippen LogP contribution in [-0.2, 0) is 4.74 Å². The average Bonchev–Trinajstić information content (AvgIpc) is 1.85. The van der Waals surface area contributed by atoms with Crippen molar-refractivity contribution in [1.82, 2.24) is 0 Å². The van der Waals surface area contributed by atoms with Crippen molar-refractivity contribution in [3.05, 3.63) is 0 Å². The Hall–Kier alpha value is -0.0400. The number of rotatable bonds is 0. The highest BCUT2D eigenvalue weighted by atomic mass is 16.5. The second-order valence-electron chi connectivity index (χ2n) is 4.08. The average molecular weight is 140 g/mol. The molecule has 2 fully saturated rings. The zero-order valence-electron chi connectivity index (χ0n) is 6.68. The number of hydrogen-bond acceptors (Lipinski definition) is 1. The van der Waals surface area contributed by atoms with E-state index in [0.717, 1.165) is 31.0 Å². The third kappa shape index (κ3) is 1.20. The molecule has 58 valence electrons. The molecular weight excluding hydrogens is 124 g/mol. The highest BCUT2D eigenvalue weighted by Gasteiger charge is 2.29. The van der Waals surface area contributed by atoms with Crippen molar-refractivity contribution in [2.24, 2.45) is 17.8 Å². The Morgan fingerprint density at radius 3 is 2.20 bits per heavy atom. The van der Waals surface area contributed by atoms with E-state index in [0.29, 0.717) is 0 Å². The smallest absolute Gasteiger partial charge is 0.0494 e. The Bertz CT molecular complexity index is 106. The summed E-state index contributed by atoms with van der Waals surface area (Å²) in [6.07, 6.45) is 4.28. The maximum atomic E-state index is 5.48. The van der Waals surface area contributed by atoms with Gasteiger partial charge in [-0.05, 0) is 37.0 Å². The van der Waals surface area contributed by atoms with E-state index in [-0.39, 0.29) is 0 Å². The minimum Gasteiger partial charge on any atom is -0.381 e. The van der Waals surface area contributed by atoms with Gasteiger partial charge >= 0.3 is 0 Å². The minimum atomic E-state index is 0.905. The molecule has 1 saturated heterocycles. The number of hydrogen-bond donors (Lipinski definition) is 0. The summed E-state index contributed by atoms with van der Waals surface area (Å²) >= 11 is 0. The van der Waals surface area contributed by atoms with Crippen LogP contribution < -0.4 is 0 Å². The largest absolute Gasteiger partial charge is 0.381 e. The molecule has 0 spiro atoms. The molecule has 2 aliphatic rings. The fourth-order valence-electron chi connectivity index (χ4n) is 2.57. The molecule has 2 unspecified atom stereocenters. The molecule has 0 aromatic carbocycles. The molecule has 0 aromatic heterocycles. The summed E-state index contributed by atoms with van der Waals surface area (Å²) in [5.41, 5.74) is 0. The lowest BCUT2D eigenvalue weighted by molar-refractivity contribution is -0.0238. The van der Waals surface area contributed by atoms with Crippen LogP contribution in [0.3, 0.4) is 0 Å². The Labute approximate surface area is 62.8 Å². The van der Waals surface area contributed by atoms with E-state index in [1.807, 2.05) is 0 Å². The molecule has 0 N–H and O–H groups in total. The van der Waals surface area contributed by atoms with E-state index in [9.17, 15) is 0 Å².